The molecule has 0 aliphatic carbocycles. The Morgan fingerprint density at radius 3 is 2.78 bits per heavy atom. The van der Waals surface area contributed by atoms with Crippen LogP contribution in [0.1, 0.15) is 11.1 Å². The van der Waals surface area contributed by atoms with Gasteiger partial charge in [0.2, 0.25) is 5.91 Å². The molecule has 0 saturated heterocycles. The van der Waals surface area contributed by atoms with Gasteiger partial charge in [0.15, 0.2) is 4.80 Å². The van der Waals surface area contributed by atoms with Gasteiger partial charge in [0.25, 0.3) is 0 Å². The summed E-state index contributed by atoms with van der Waals surface area (Å²) in [4.78, 5) is 12.2. The van der Waals surface area contributed by atoms with Crippen molar-refractivity contribution in [1.82, 2.24) is 4.57 Å². The average Bonchev–Trinajstić information content (AvgIpc) is 2.70. The van der Waals surface area contributed by atoms with E-state index in [0.717, 1.165) is 11.3 Å². The number of benzene rings is 1. The van der Waals surface area contributed by atoms with Gasteiger partial charge in [-0.1, -0.05) is 6.07 Å². The molecule has 1 aromatic carbocycles. The number of amides is 1. The predicted octanol–water partition coefficient (Wildman–Crippen LogP) is 2.28. The number of aromatic nitrogens is 1. The molecule has 1 amide bonds. The second-order valence-corrected chi connectivity index (χ2v) is 5.08. The molecule has 18 heavy (non-hydrogen) atoms. The van der Waals surface area contributed by atoms with Crippen LogP contribution in [0.2, 0.25) is 0 Å². The Bertz CT molecular complexity index is 627. The molecule has 1 heterocycles. The number of hydrogen-bond acceptors (Lipinski definition) is 3. The van der Waals surface area contributed by atoms with E-state index in [4.69, 9.17) is 5.41 Å². The monoisotopic (exact) mass is 261 g/mol. The fraction of sp³-hybridized carbons (Fsp3) is 0.231. The van der Waals surface area contributed by atoms with Crippen molar-refractivity contribution in [2.75, 3.05) is 5.32 Å². The highest BCUT2D eigenvalue weighted by atomic mass is 32.1. The highest BCUT2D eigenvalue weighted by Gasteiger charge is 2.05. The molecule has 2 aromatic rings. The number of carbonyl (C=O) groups excluding carboxylic acids is 1. The van der Waals surface area contributed by atoms with E-state index >= 15 is 0 Å². The van der Waals surface area contributed by atoms with Gasteiger partial charge in [-0.2, -0.15) is 0 Å². The normalized spacial score (nSPS) is 10.3. The Balaban J connectivity index is 2.05. The Morgan fingerprint density at radius 1 is 1.39 bits per heavy atom. The second-order valence-electron chi connectivity index (χ2n) is 4.18. The molecule has 0 radical (unpaired) electrons. The zero-order valence-electron chi connectivity index (χ0n) is 10.4. The molecule has 0 spiro atoms. The molecule has 0 aliphatic heterocycles. The quantitative estimate of drug-likeness (QED) is 0.875. The summed E-state index contributed by atoms with van der Waals surface area (Å²) in [7, 11) is 0. The van der Waals surface area contributed by atoms with Crippen LogP contribution in [0.5, 0.6) is 0 Å². The van der Waals surface area contributed by atoms with Crippen molar-refractivity contribution in [2.24, 2.45) is 0 Å². The zero-order valence-corrected chi connectivity index (χ0v) is 11.2. The molecule has 2 rings (SSSR count). The number of hydrogen-bond donors (Lipinski definition) is 2. The lowest BCUT2D eigenvalue weighted by Gasteiger charge is -2.08. The smallest absolute Gasteiger partial charge is 0.244 e. The lowest BCUT2D eigenvalue weighted by atomic mass is 10.1. The third kappa shape index (κ3) is 2.87. The van der Waals surface area contributed by atoms with Crippen LogP contribution in [0.15, 0.2) is 29.8 Å². The van der Waals surface area contributed by atoms with Crippen LogP contribution < -0.4 is 10.1 Å². The number of nitrogens with zero attached hydrogens (tertiary/aromatic N) is 1. The lowest BCUT2D eigenvalue weighted by Crippen LogP contribution is -2.23. The third-order valence-electron chi connectivity index (χ3n) is 2.79. The highest BCUT2D eigenvalue weighted by molar-refractivity contribution is 7.06. The molecule has 0 atom stereocenters. The number of anilines is 1. The van der Waals surface area contributed by atoms with Crippen molar-refractivity contribution in [1.29, 1.82) is 5.41 Å². The van der Waals surface area contributed by atoms with Crippen LogP contribution in [0, 0.1) is 19.3 Å². The predicted molar refractivity (Wildman–Crippen MR) is 72.7 cm³/mol. The van der Waals surface area contributed by atoms with Crippen molar-refractivity contribution in [3.63, 3.8) is 0 Å². The minimum absolute atomic E-state index is 0.116. The maximum atomic E-state index is 11.8. The van der Waals surface area contributed by atoms with Gasteiger partial charge >= 0.3 is 0 Å². The topological polar surface area (TPSA) is 57.9 Å². The van der Waals surface area contributed by atoms with Crippen LogP contribution >= 0.6 is 11.3 Å². The van der Waals surface area contributed by atoms with Gasteiger partial charge in [0.1, 0.15) is 6.54 Å². The van der Waals surface area contributed by atoms with E-state index in [0.29, 0.717) is 4.80 Å². The molecule has 1 aromatic heterocycles. The Labute approximate surface area is 109 Å². The Morgan fingerprint density at radius 2 is 2.17 bits per heavy atom. The van der Waals surface area contributed by atoms with Crippen LogP contribution in [-0.2, 0) is 11.3 Å². The van der Waals surface area contributed by atoms with E-state index in [1.807, 2.05) is 32.0 Å². The first kappa shape index (κ1) is 12.6. The summed E-state index contributed by atoms with van der Waals surface area (Å²) >= 11 is 1.31. The molecule has 0 bridgehead atoms. The largest absolute Gasteiger partial charge is 0.325 e. The summed E-state index contributed by atoms with van der Waals surface area (Å²) in [6.45, 7) is 4.23. The first-order chi connectivity index (χ1) is 8.56. The van der Waals surface area contributed by atoms with E-state index < -0.39 is 0 Å². The summed E-state index contributed by atoms with van der Waals surface area (Å²) in [6, 6.07) is 5.83. The van der Waals surface area contributed by atoms with E-state index in [2.05, 4.69) is 5.32 Å². The first-order valence-electron chi connectivity index (χ1n) is 5.62. The fourth-order valence-electron chi connectivity index (χ4n) is 1.60. The maximum absolute atomic E-state index is 11.8. The highest BCUT2D eigenvalue weighted by Crippen LogP contribution is 2.14. The number of thiazole rings is 1. The summed E-state index contributed by atoms with van der Waals surface area (Å²) in [5.74, 6) is -0.116. The van der Waals surface area contributed by atoms with Gasteiger partial charge in [-0.15, -0.1) is 11.3 Å². The van der Waals surface area contributed by atoms with Crippen LogP contribution in [0.25, 0.3) is 0 Å². The number of rotatable bonds is 3. The molecule has 94 valence electrons. The molecular weight excluding hydrogens is 246 g/mol. The maximum Gasteiger partial charge on any atom is 0.244 e. The van der Waals surface area contributed by atoms with Crippen molar-refractivity contribution >= 4 is 22.9 Å². The van der Waals surface area contributed by atoms with Crippen molar-refractivity contribution in [3.8, 4) is 0 Å². The standard InChI is InChI=1S/C13H15N3OS/c1-9-3-4-11(7-10(9)2)15-12(17)8-16-5-6-18-13(16)14/h3-7,14H,8H2,1-2H3,(H,15,17). The van der Waals surface area contributed by atoms with Crippen LogP contribution in [0.3, 0.4) is 0 Å². The van der Waals surface area contributed by atoms with Crippen molar-refractivity contribution < 1.29 is 4.79 Å². The number of aryl methyl sites for hydroxylation is 2. The van der Waals surface area contributed by atoms with Crippen LogP contribution in [-0.4, -0.2) is 10.5 Å². The lowest BCUT2D eigenvalue weighted by molar-refractivity contribution is -0.116. The van der Waals surface area contributed by atoms with Gasteiger partial charge in [-0.25, -0.2) is 0 Å². The van der Waals surface area contributed by atoms with E-state index in [-0.39, 0.29) is 12.5 Å². The van der Waals surface area contributed by atoms with Crippen molar-refractivity contribution in [3.05, 3.63) is 45.7 Å². The van der Waals surface area contributed by atoms with Gasteiger partial charge in [0, 0.05) is 17.3 Å². The Hall–Kier alpha value is -1.88. The SMILES string of the molecule is Cc1ccc(NC(=O)Cn2ccsc2=N)cc1C. The fourth-order valence-corrected chi connectivity index (χ4v) is 2.20. The molecule has 0 fully saturated rings. The molecule has 0 saturated carbocycles. The van der Waals surface area contributed by atoms with E-state index in [9.17, 15) is 4.79 Å². The van der Waals surface area contributed by atoms with Gasteiger partial charge < -0.3 is 9.88 Å². The third-order valence-corrected chi connectivity index (χ3v) is 3.50. The minimum atomic E-state index is -0.116. The van der Waals surface area contributed by atoms with Gasteiger partial charge in [-0.3, -0.25) is 10.2 Å². The first-order valence-corrected chi connectivity index (χ1v) is 6.50. The molecule has 0 aliphatic rings. The number of nitrogens with one attached hydrogen (secondary N) is 2. The molecule has 5 heteroatoms. The minimum Gasteiger partial charge on any atom is -0.325 e. The summed E-state index contributed by atoms with van der Waals surface area (Å²) in [5, 5.41) is 12.2. The molecule has 0 unspecified atom stereocenters. The average molecular weight is 261 g/mol. The second kappa shape index (κ2) is 5.18. The van der Waals surface area contributed by atoms with Gasteiger partial charge in [-0.05, 0) is 37.1 Å². The summed E-state index contributed by atoms with van der Waals surface area (Å²) < 4.78 is 1.61. The summed E-state index contributed by atoms with van der Waals surface area (Å²) in [6.07, 6.45) is 1.74. The molecule has 2 N–H and O–H groups in total. The molecular formula is C13H15N3OS. The van der Waals surface area contributed by atoms with Crippen molar-refractivity contribution in [2.45, 2.75) is 20.4 Å². The van der Waals surface area contributed by atoms with Gasteiger partial charge in [0.05, 0.1) is 0 Å². The molecule has 4 nitrogen and oxygen atoms in total. The Kier molecular flexibility index (Phi) is 3.62. The van der Waals surface area contributed by atoms with E-state index in [1.165, 1.54) is 16.9 Å². The van der Waals surface area contributed by atoms with Crippen LogP contribution in [0.4, 0.5) is 5.69 Å². The zero-order chi connectivity index (χ0) is 13.1. The van der Waals surface area contributed by atoms with E-state index in [1.54, 1.807) is 16.1 Å². The summed E-state index contributed by atoms with van der Waals surface area (Å²) in [5.41, 5.74) is 3.15. The number of carbonyl (C=O) groups is 1.